The molecule has 2 aromatic rings. The summed E-state index contributed by atoms with van der Waals surface area (Å²) in [6.07, 6.45) is 5.15. The Labute approximate surface area is 204 Å². The molecular weight excluding hydrogens is 448 g/mol. The maximum Gasteiger partial charge on any atom is 0.329 e. The summed E-state index contributed by atoms with van der Waals surface area (Å²) in [6.45, 7) is 9.35. The lowest BCUT2D eigenvalue weighted by Gasteiger charge is -2.18. The average molecular weight is 481 g/mol. The van der Waals surface area contributed by atoms with Gasteiger partial charge in [0.2, 0.25) is 5.91 Å². The fourth-order valence-electron chi connectivity index (χ4n) is 3.38. The van der Waals surface area contributed by atoms with Crippen LogP contribution >= 0.6 is 0 Å². The molecular formula is C25H32N6O4. The Morgan fingerprint density at radius 3 is 2.71 bits per heavy atom. The molecule has 10 heteroatoms. The maximum atomic E-state index is 12.5. The van der Waals surface area contributed by atoms with Crippen molar-refractivity contribution in [1.82, 2.24) is 14.9 Å². The van der Waals surface area contributed by atoms with Gasteiger partial charge in [0.1, 0.15) is 17.3 Å². The van der Waals surface area contributed by atoms with Crippen LogP contribution in [-0.2, 0) is 4.79 Å². The van der Waals surface area contributed by atoms with E-state index in [-0.39, 0.29) is 12.5 Å². The molecule has 1 saturated heterocycles. The van der Waals surface area contributed by atoms with Gasteiger partial charge in [0, 0.05) is 42.2 Å². The number of nitrogens with one attached hydrogen (secondary N) is 1. The lowest BCUT2D eigenvalue weighted by atomic mass is 9.92. The number of pyridine rings is 2. The van der Waals surface area contributed by atoms with E-state index in [4.69, 9.17) is 10.5 Å². The molecule has 0 spiro atoms. The number of anilines is 1. The number of aliphatic hydroxyl groups is 1. The molecule has 3 amide bonds. The summed E-state index contributed by atoms with van der Waals surface area (Å²) in [7, 11) is 0. The molecule has 3 heterocycles. The number of urea groups is 1. The van der Waals surface area contributed by atoms with E-state index in [1.165, 1.54) is 11.1 Å². The van der Waals surface area contributed by atoms with Crippen molar-refractivity contribution in [3.8, 4) is 11.5 Å². The van der Waals surface area contributed by atoms with Gasteiger partial charge in [-0.3, -0.25) is 25.0 Å². The third-order valence-corrected chi connectivity index (χ3v) is 5.45. The first-order chi connectivity index (χ1) is 16.4. The number of hydrogen-bond acceptors (Lipinski definition) is 8. The van der Waals surface area contributed by atoms with Gasteiger partial charge in [-0.25, -0.2) is 9.78 Å². The average Bonchev–Trinajstić information content (AvgIpc) is 3.05. The minimum Gasteiger partial charge on any atom is -0.455 e. The number of nitrogens with zero attached hydrogens (tertiary/aromatic N) is 4. The van der Waals surface area contributed by atoms with Crippen molar-refractivity contribution >= 4 is 29.5 Å². The fraction of sp³-hybridized carbons (Fsp3) is 0.400. The Bertz CT molecular complexity index is 1170. The standard InChI is InChI=1S/C25H32N6O4/c1-16-20(6-7-21(29-16)30-23(33)31-11-9-24(2,3)22(31)32)35-18-8-10-28-19(12-18)17(13-26)14-27-15-25(4,5)34/h6-8,10,12-14,34H,9,11,15,26H2,1-5H3,(H,29,30,33). The van der Waals surface area contributed by atoms with Crippen LogP contribution in [0.2, 0.25) is 0 Å². The Morgan fingerprint density at radius 1 is 1.37 bits per heavy atom. The Balaban J connectivity index is 1.69. The number of hydrogen-bond donors (Lipinski definition) is 3. The quantitative estimate of drug-likeness (QED) is 0.515. The van der Waals surface area contributed by atoms with Crippen molar-refractivity contribution in [2.75, 3.05) is 18.4 Å². The molecule has 0 atom stereocenters. The molecule has 0 bridgehead atoms. The zero-order valence-electron chi connectivity index (χ0n) is 20.7. The van der Waals surface area contributed by atoms with E-state index in [1.54, 1.807) is 57.4 Å². The number of amides is 3. The van der Waals surface area contributed by atoms with Crippen LogP contribution in [0.25, 0.3) is 5.57 Å². The summed E-state index contributed by atoms with van der Waals surface area (Å²) in [5, 5.41) is 12.5. The van der Waals surface area contributed by atoms with Gasteiger partial charge in [-0.2, -0.15) is 0 Å². The second kappa shape index (κ2) is 10.2. The van der Waals surface area contributed by atoms with Crippen molar-refractivity contribution < 1.29 is 19.4 Å². The molecule has 0 aliphatic carbocycles. The lowest BCUT2D eigenvalue weighted by Crippen LogP contribution is -2.39. The predicted molar refractivity (Wildman–Crippen MR) is 134 cm³/mol. The molecule has 2 aromatic heterocycles. The smallest absolute Gasteiger partial charge is 0.329 e. The molecule has 3 rings (SSSR count). The number of ether oxygens (including phenoxy) is 1. The second-order valence-corrected chi connectivity index (χ2v) is 9.68. The normalized spacial score (nSPS) is 16.1. The number of aryl methyl sites for hydroxylation is 1. The molecule has 0 unspecified atom stereocenters. The lowest BCUT2D eigenvalue weighted by molar-refractivity contribution is -0.131. The Morgan fingerprint density at radius 2 is 2.11 bits per heavy atom. The molecule has 0 radical (unpaired) electrons. The third kappa shape index (κ3) is 6.63. The van der Waals surface area contributed by atoms with Gasteiger partial charge in [-0.05, 0) is 45.4 Å². The molecule has 4 N–H and O–H groups in total. The SMILES string of the molecule is Cc1nc(NC(=O)N2CCC(C)(C)C2=O)ccc1Oc1ccnc(C(C=NCC(C)(C)O)=CN)c1. The Hall–Kier alpha value is -3.79. The van der Waals surface area contributed by atoms with Crippen LogP contribution in [0.15, 0.2) is 41.7 Å². The molecule has 186 valence electrons. The van der Waals surface area contributed by atoms with E-state index >= 15 is 0 Å². The van der Waals surface area contributed by atoms with Crippen LogP contribution in [0.1, 0.15) is 45.5 Å². The summed E-state index contributed by atoms with van der Waals surface area (Å²) >= 11 is 0. The summed E-state index contributed by atoms with van der Waals surface area (Å²) < 4.78 is 5.98. The minimum atomic E-state index is -0.925. The van der Waals surface area contributed by atoms with Gasteiger partial charge in [0.25, 0.3) is 0 Å². The van der Waals surface area contributed by atoms with Crippen molar-refractivity contribution in [2.24, 2.45) is 16.1 Å². The van der Waals surface area contributed by atoms with Crippen LogP contribution in [0.5, 0.6) is 11.5 Å². The summed E-state index contributed by atoms with van der Waals surface area (Å²) in [5.41, 5.74) is 5.96. The summed E-state index contributed by atoms with van der Waals surface area (Å²) in [6, 6.07) is 6.22. The van der Waals surface area contributed by atoms with Gasteiger partial charge < -0.3 is 15.6 Å². The van der Waals surface area contributed by atoms with Crippen LogP contribution < -0.4 is 15.8 Å². The number of carbonyl (C=O) groups is 2. The van der Waals surface area contributed by atoms with Crippen LogP contribution in [0, 0.1) is 12.3 Å². The number of nitrogens with two attached hydrogens (primary N) is 1. The van der Waals surface area contributed by atoms with Crippen LogP contribution in [0.4, 0.5) is 10.6 Å². The highest BCUT2D eigenvalue weighted by Gasteiger charge is 2.41. The largest absolute Gasteiger partial charge is 0.455 e. The van der Waals surface area contributed by atoms with Crippen molar-refractivity contribution in [3.05, 3.63) is 48.1 Å². The van der Waals surface area contributed by atoms with Gasteiger partial charge in [0.15, 0.2) is 0 Å². The van der Waals surface area contributed by atoms with Gasteiger partial charge in [-0.15, -0.1) is 0 Å². The van der Waals surface area contributed by atoms with Gasteiger partial charge in [-0.1, -0.05) is 13.8 Å². The summed E-state index contributed by atoms with van der Waals surface area (Å²) in [4.78, 5) is 39.0. The van der Waals surface area contributed by atoms with Crippen LogP contribution in [0.3, 0.4) is 0 Å². The van der Waals surface area contributed by atoms with E-state index in [0.717, 1.165) is 0 Å². The molecule has 10 nitrogen and oxygen atoms in total. The third-order valence-electron chi connectivity index (χ3n) is 5.45. The number of carbonyl (C=O) groups excluding carboxylic acids is 2. The van der Waals surface area contributed by atoms with Crippen LogP contribution in [-0.4, -0.2) is 56.8 Å². The molecule has 35 heavy (non-hydrogen) atoms. The first kappa shape index (κ1) is 25.8. The topological polar surface area (TPSA) is 143 Å². The monoisotopic (exact) mass is 480 g/mol. The van der Waals surface area contributed by atoms with E-state index < -0.39 is 17.0 Å². The predicted octanol–water partition coefficient (Wildman–Crippen LogP) is 3.51. The maximum absolute atomic E-state index is 12.5. The summed E-state index contributed by atoms with van der Waals surface area (Å²) in [5.74, 6) is 1.13. The highest BCUT2D eigenvalue weighted by atomic mass is 16.5. The van der Waals surface area contributed by atoms with Crippen molar-refractivity contribution in [2.45, 2.75) is 46.6 Å². The highest BCUT2D eigenvalue weighted by molar-refractivity contribution is 6.09. The number of allylic oxidation sites excluding steroid dienone is 1. The van der Waals surface area contributed by atoms with E-state index in [0.29, 0.717) is 47.2 Å². The molecule has 1 aliphatic rings. The molecule has 1 fully saturated rings. The molecule has 0 aromatic carbocycles. The molecule has 0 saturated carbocycles. The van der Waals surface area contributed by atoms with E-state index in [9.17, 15) is 14.7 Å². The highest BCUT2D eigenvalue weighted by Crippen LogP contribution is 2.31. The number of rotatable bonds is 7. The van der Waals surface area contributed by atoms with Gasteiger partial charge >= 0.3 is 6.03 Å². The number of imide groups is 1. The first-order valence-electron chi connectivity index (χ1n) is 11.3. The fourth-order valence-corrected chi connectivity index (χ4v) is 3.38. The van der Waals surface area contributed by atoms with E-state index in [1.807, 2.05) is 13.8 Å². The zero-order valence-corrected chi connectivity index (χ0v) is 20.7. The first-order valence-corrected chi connectivity index (χ1v) is 11.3. The molecule has 1 aliphatic heterocycles. The van der Waals surface area contributed by atoms with E-state index in [2.05, 4.69) is 20.3 Å². The number of aromatic nitrogens is 2. The zero-order chi connectivity index (χ0) is 25.8. The van der Waals surface area contributed by atoms with Crippen molar-refractivity contribution in [1.29, 1.82) is 0 Å². The van der Waals surface area contributed by atoms with Gasteiger partial charge in [0.05, 0.1) is 23.5 Å². The van der Waals surface area contributed by atoms with Crippen molar-refractivity contribution in [3.63, 3.8) is 0 Å². The minimum absolute atomic E-state index is 0.198. The second-order valence-electron chi connectivity index (χ2n) is 9.68. The Kier molecular flexibility index (Phi) is 7.54. The number of aliphatic imine (C=N–C) groups is 1. The number of likely N-dealkylation sites (tertiary alicyclic amines) is 1.